The molecule has 16 nitrogen and oxygen atoms in total. The molecule has 90 heavy (non-hydrogen) atoms. The van der Waals surface area contributed by atoms with Gasteiger partial charge in [0, 0.05) is 58.0 Å². The number of non-ortho nitro benzene ring substituents is 1. The first-order chi connectivity index (χ1) is 43.7. The minimum Gasteiger partial charge on any atom is -0.397 e. The van der Waals surface area contributed by atoms with Gasteiger partial charge in [-0.25, -0.2) is 31.5 Å². The summed E-state index contributed by atoms with van der Waals surface area (Å²) in [6, 6.07) is 20.4. The topological polar surface area (TPSA) is 221 Å². The zero-order chi connectivity index (χ0) is 63.1. The Balaban J connectivity index is 0.915. The Labute approximate surface area is 528 Å². The standard InChI is InChI=1S/C72H90N8O8S2/c1-4-7-10-13-16-19-22-25-28-31-42-74-89(85,86)49-45-59(73)67-60(46-49)75-69-55-38-34-51-54-37-41-58-66-56(39-35-52(64(54)66)53-36-40-57(65(55)63(51)53)71(81)78(67)69)70-76-61-47-50(48-62(80(83)84)68(61)79(70)72(58)82)90(87,88)77(43-32-29-26-23-20-17-14-11-8-5-2)44-33-30-27-24-21-18-15-12-9-6-3/h34-41,45-48,74H,4-33,42-44,73H2,1-3H3. The highest BCUT2D eigenvalue weighted by Gasteiger charge is 2.32. The largest absolute Gasteiger partial charge is 0.397 e. The molecule has 7 aromatic carbocycles. The minimum atomic E-state index is -4.24. The Hall–Kier alpha value is -6.86. The lowest BCUT2D eigenvalue weighted by Gasteiger charge is -2.22. The third-order valence-corrected chi connectivity index (χ3v) is 22.5. The number of sulfonamides is 2. The number of nitrogens with two attached hydrogens (primary N) is 1. The molecule has 0 unspecified atom stereocenters. The minimum absolute atomic E-state index is 0.0230. The third kappa shape index (κ3) is 12.9. The van der Waals surface area contributed by atoms with Crippen LogP contribution in [0.4, 0.5) is 11.4 Å². The summed E-state index contributed by atoms with van der Waals surface area (Å²) in [4.78, 5) is 52.3. The van der Waals surface area contributed by atoms with Crippen molar-refractivity contribution in [1.82, 2.24) is 27.8 Å². The smallest absolute Gasteiger partial charge is 0.296 e. The molecule has 0 radical (unpaired) electrons. The number of anilines is 1. The molecule has 18 heteroatoms. The van der Waals surface area contributed by atoms with Crippen LogP contribution in [-0.4, -0.2) is 64.5 Å². The van der Waals surface area contributed by atoms with E-state index in [9.17, 15) is 31.7 Å². The normalized spacial score (nSPS) is 12.8. The molecule has 0 aliphatic heterocycles. The Morgan fingerprint density at radius 2 is 0.800 bits per heavy atom. The number of nitrogens with one attached hydrogen (secondary N) is 1. The quantitative estimate of drug-likeness (QED) is 0.00925. The predicted octanol–water partition coefficient (Wildman–Crippen LogP) is 17.8. The van der Waals surface area contributed by atoms with Crippen LogP contribution < -0.4 is 21.6 Å². The number of hydrogen-bond acceptors (Lipinski definition) is 11. The highest BCUT2D eigenvalue weighted by Crippen LogP contribution is 2.47. The van der Waals surface area contributed by atoms with E-state index in [0.717, 1.165) is 103 Å². The van der Waals surface area contributed by atoms with Gasteiger partial charge in [0.05, 0.1) is 37.0 Å². The van der Waals surface area contributed by atoms with Crippen LogP contribution in [0.5, 0.6) is 0 Å². The lowest BCUT2D eigenvalue weighted by molar-refractivity contribution is -0.383. The van der Waals surface area contributed by atoms with Crippen LogP contribution in [0, 0.1) is 10.1 Å². The van der Waals surface area contributed by atoms with Gasteiger partial charge in [0.1, 0.15) is 11.3 Å². The monoisotopic (exact) mass is 1260 g/mol. The van der Waals surface area contributed by atoms with E-state index < -0.39 is 36.2 Å². The van der Waals surface area contributed by atoms with Crippen molar-refractivity contribution in [1.29, 1.82) is 0 Å². The molecule has 0 saturated carbocycles. The molecule has 4 aromatic heterocycles. The van der Waals surface area contributed by atoms with Gasteiger partial charge < -0.3 is 5.73 Å². The van der Waals surface area contributed by atoms with Crippen molar-refractivity contribution in [2.24, 2.45) is 0 Å². The van der Waals surface area contributed by atoms with E-state index in [1.54, 1.807) is 12.1 Å². The van der Waals surface area contributed by atoms with E-state index in [0.29, 0.717) is 76.0 Å². The van der Waals surface area contributed by atoms with Crippen molar-refractivity contribution in [2.45, 2.75) is 223 Å². The molecule has 0 fully saturated rings. The molecule has 0 amide bonds. The zero-order valence-electron chi connectivity index (χ0n) is 53.1. The van der Waals surface area contributed by atoms with Crippen LogP contribution in [0.1, 0.15) is 213 Å². The highest BCUT2D eigenvalue weighted by molar-refractivity contribution is 7.89. The summed E-state index contributed by atoms with van der Waals surface area (Å²) in [7, 11) is -8.19. The fourth-order valence-corrected chi connectivity index (χ4v) is 17.1. The van der Waals surface area contributed by atoms with E-state index in [1.165, 1.54) is 147 Å². The van der Waals surface area contributed by atoms with E-state index in [-0.39, 0.29) is 43.2 Å². The van der Waals surface area contributed by atoms with Crippen molar-refractivity contribution in [3.8, 4) is 0 Å². The number of nitro benzene ring substituents is 1. The third-order valence-electron chi connectivity index (χ3n) is 19.2. The van der Waals surface area contributed by atoms with Gasteiger partial charge in [-0.2, -0.15) is 4.31 Å². The van der Waals surface area contributed by atoms with Crippen LogP contribution in [0.25, 0.3) is 98.0 Å². The van der Waals surface area contributed by atoms with Crippen LogP contribution in [0.15, 0.2) is 92.2 Å². The number of rotatable bonds is 38. The number of hydrogen-bond donors (Lipinski definition) is 2. The maximum absolute atomic E-state index is 15.1. The maximum atomic E-state index is 15.1. The first kappa shape index (κ1) is 64.7. The summed E-state index contributed by atoms with van der Waals surface area (Å²) in [5.74, 6) is 0. The predicted molar refractivity (Wildman–Crippen MR) is 371 cm³/mol. The molecule has 11 rings (SSSR count). The van der Waals surface area contributed by atoms with Crippen LogP contribution in [0.3, 0.4) is 0 Å². The Bertz CT molecular complexity index is 4670. The summed E-state index contributed by atoms with van der Waals surface area (Å²) in [5.41, 5.74) is 6.50. The van der Waals surface area contributed by atoms with E-state index in [4.69, 9.17) is 15.7 Å². The van der Waals surface area contributed by atoms with Crippen molar-refractivity contribution in [2.75, 3.05) is 25.4 Å². The number of imidazole rings is 2. The molecule has 3 N–H and O–H groups in total. The SMILES string of the molecule is CCCCCCCCCCCCNS(=O)(=O)c1cc(N)c2c(c1)nc1c3ccc4c5ccc6c(=O)n7c(nc8cc(S(=O)(=O)N(CCCCCCCCCCCC)CCCCCCCCCCCC)cc([N+](=O)[O-])c87)c7ccc(c8ccc(c(=O)n12)c3c48)c5c67. The number of pyridine rings is 2. The summed E-state index contributed by atoms with van der Waals surface area (Å²) in [6.45, 7) is 7.57. The van der Waals surface area contributed by atoms with Crippen molar-refractivity contribution < 1.29 is 21.8 Å². The van der Waals surface area contributed by atoms with Crippen molar-refractivity contribution in [3.05, 3.63) is 104 Å². The number of unbranched alkanes of at least 4 members (excludes halogenated alkanes) is 27. The summed E-state index contributed by atoms with van der Waals surface area (Å²) in [6.07, 6.45) is 33.6. The zero-order valence-corrected chi connectivity index (χ0v) is 54.7. The van der Waals surface area contributed by atoms with Crippen LogP contribution in [0.2, 0.25) is 0 Å². The fraction of sp³-hybridized carbons (Fsp3) is 0.500. The molecule has 4 heterocycles. The maximum Gasteiger partial charge on any atom is 0.296 e. The summed E-state index contributed by atoms with van der Waals surface area (Å²) in [5, 5.41) is 21.3. The molecule has 0 spiro atoms. The second kappa shape index (κ2) is 28.8. The second-order valence-electron chi connectivity index (χ2n) is 25.6. The van der Waals surface area contributed by atoms with Gasteiger partial charge in [0.15, 0.2) is 5.52 Å². The first-order valence-corrected chi connectivity index (χ1v) is 37.0. The lowest BCUT2D eigenvalue weighted by Crippen LogP contribution is -2.33. The summed E-state index contributed by atoms with van der Waals surface area (Å²) < 4.78 is 64.4. The Morgan fingerprint density at radius 1 is 0.456 bits per heavy atom. The number of nitrogen functional groups attached to an aromatic ring is 1. The second-order valence-corrected chi connectivity index (χ2v) is 29.3. The molecule has 11 aromatic rings. The van der Waals surface area contributed by atoms with Gasteiger partial charge in [-0.1, -0.05) is 218 Å². The molecule has 0 bridgehead atoms. The average molecular weight is 1260 g/mol. The van der Waals surface area contributed by atoms with Crippen molar-refractivity contribution >= 4 is 129 Å². The molecular weight excluding hydrogens is 1170 g/mol. The number of nitro groups is 1. The Morgan fingerprint density at radius 3 is 1.22 bits per heavy atom. The van der Waals surface area contributed by atoms with Gasteiger partial charge >= 0.3 is 0 Å². The van der Waals surface area contributed by atoms with E-state index in [2.05, 4.69) is 25.5 Å². The molecule has 0 aliphatic rings. The van der Waals surface area contributed by atoms with Gasteiger partial charge in [-0.15, -0.1) is 0 Å². The average Bonchev–Trinajstić information content (AvgIpc) is 1.14. The number of aromatic nitrogens is 4. The molecule has 0 saturated heterocycles. The molecule has 0 aliphatic carbocycles. The first-order valence-electron chi connectivity index (χ1n) is 34.0. The van der Waals surface area contributed by atoms with Gasteiger partial charge in [0.25, 0.3) is 16.8 Å². The molecule has 478 valence electrons. The Kier molecular flexibility index (Phi) is 20.7. The van der Waals surface area contributed by atoms with Gasteiger partial charge in [-0.05, 0) is 94.0 Å². The fourth-order valence-electron chi connectivity index (χ4n) is 14.4. The van der Waals surface area contributed by atoms with E-state index >= 15 is 4.79 Å². The van der Waals surface area contributed by atoms with Crippen molar-refractivity contribution in [3.63, 3.8) is 0 Å². The summed E-state index contributed by atoms with van der Waals surface area (Å²) >= 11 is 0. The lowest BCUT2D eigenvalue weighted by atomic mass is 9.86. The number of benzene rings is 7. The molecular formula is C72H90N8O8S2. The molecule has 0 atom stereocenters. The van der Waals surface area contributed by atoms with Crippen LogP contribution in [-0.2, 0) is 20.0 Å². The van der Waals surface area contributed by atoms with Crippen LogP contribution >= 0.6 is 0 Å². The van der Waals surface area contributed by atoms with E-state index in [1.807, 2.05) is 36.4 Å². The van der Waals surface area contributed by atoms with Gasteiger partial charge in [0.2, 0.25) is 20.0 Å². The number of nitrogens with zero attached hydrogens (tertiary/aromatic N) is 6. The van der Waals surface area contributed by atoms with Gasteiger partial charge in [-0.3, -0.25) is 28.5 Å². The highest BCUT2D eigenvalue weighted by atomic mass is 32.2. The number of fused-ring (bicyclic) bond motifs is 10.